The minimum absolute atomic E-state index is 0. The highest BCUT2D eigenvalue weighted by Gasteiger charge is 2.17. The van der Waals surface area contributed by atoms with Gasteiger partial charge in [-0.15, -0.1) is 12.4 Å². The van der Waals surface area contributed by atoms with E-state index in [1.54, 1.807) is 7.11 Å². The molecule has 1 aromatic carbocycles. The van der Waals surface area contributed by atoms with Gasteiger partial charge in [0.1, 0.15) is 6.10 Å². The molecule has 0 fully saturated rings. The Morgan fingerprint density at radius 2 is 2.00 bits per heavy atom. The smallest absolute Gasteiger partial charge is 0.257 e. The molecule has 1 heterocycles. The van der Waals surface area contributed by atoms with Crippen molar-refractivity contribution < 1.29 is 9.26 Å². The maximum Gasteiger partial charge on any atom is 0.257 e. The van der Waals surface area contributed by atoms with Gasteiger partial charge in [0.25, 0.3) is 5.89 Å². The number of ether oxygens (including phenoxy) is 1. The highest BCUT2D eigenvalue weighted by Crippen LogP contribution is 2.20. The average molecular weight is 270 g/mol. The van der Waals surface area contributed by atoms with Crippen molar-refractivity contribution >= 4 is 12.4 Å². The number of nitrogens with two attached hydrogens (primary N) is 1. The van der Waals surface area contributed by atoms with Gasteiger partial charge in [0, 0.05) is 19.2 Å². The fraction of sp³-hybridized carbons (Fsp3) is 0.333. The van der Waals surface area contributed by atoms with Gasteiger partial charge in [-0.1, -0.05) is 35.0 Å². The number of nitrogens with zero attached hydrogens (tertiary/aromatic N) is 2. The Labute approximate surface area is 112 Å². The summed E-state index contributed by atoms with van der Waals surface area (Å²) in [6.45, 7) is 2.34. The highest BCUT2D eigenvalue weighted by atomic mass is 35.5. The molecule has 0 aliphatic heterocycles. The third-order valence-corrected chi connectivity index (χ3v) is 2.53. The van der Waals surface area contributed by atoms with E-state index in [0.717, 1.165) is 5.56 Å². The van der Waals surface area contributed by atoms with Gasteiger partial charge in [0.15, 0.2) is 0 Å². The first-order valence-corrected chi connectivity index (χ1v) is 5.38. The second kappa shape index (κ2) is 6.49. The van der Waals surface area contributed by atoms with Crippen molar-refractivity contribution in [3.63, 3.8) is 0 Å². The Hall–Kier alpha value is -1.43. The Kier molecular flexibility index (Phi) is 5.27. The number of halogens is 1. The van der Waals surface area contributed by atoms with Gasteiger partial charge < -0.3 is 15.0 Å². The zero-order valence-electron chi connectivity index (χ0n) is 10.3. The second-order valence-electron chi connectivity index (χ2n) is 3.78. The minimum Gasteiger partial charge on any atom is -0.370 e. The molecule has 0 saturated carbocycles. The van der Waals surface area contributed by atoms with Crippen LogP contribution >= 0.6 is 12.4 Å². The van der Waals surface area contributed by atoms with E-state index in [0.29, 0.717) is 18.3 Å². The molecule has 0 saturated heterocycles. The normalized spacial score (nSPS) is 11.9. The summed E-state index contributed by atoms with van der Waals surface area (Å²) < 4.78 is 10.3. The van der Waals surface area contributed by atoms with Crippen LogP contribution < -0.4 is 5.73 Å². The molecule has 98 valence electrons. The van der Waals surface area contributed by atoms with Crippen LogP contribution in [0, 0.1) is 6.92 Å². The summed E-state index contributed by atoms with van der Waals surface area (Å²) in [5, 5.41) is 3.91. The summed E-state index contributed by atoms with van der Waals surface area (Å²) in [5.41, 5.74) is 7.63. The number of aromatic nitrogens is 2. The molecule has 0 bridgehead atoms. The van der Waals surface area contributed by atoms with E-state index in [2.05, 4.69) is 10.1 Å². The zero-order valence-corrected chi connectivity index (χ0v) is 11.1. The van der Waals surface area contributed by atoms with Gasteiger partial charge >= 0.3 is 0 Å². The van der Waals surface area contributed by atoms with Crippen molar-refractivity contribution in [1.29, 1.82) is 0 Å². The van der Waals surface area contributed by atoms with Crippen molar-refractivity contribution in [3.8, 4) is 11.4 Å². The van der Waals surface area contributed by atoms with E-state index in [9.17, 15) is 0 Å². The maximum atomic E-state index is 5.53. The molecule has 2 aromatic rings. The monoisotopic (exact) mass is 269 g/mol. The first kappa shape index (κ1) is 14.6. The summed E-state index contributed by atoms with van der Waals surface area (Å²) in [7, 11) is 1.56. The molecule has 1 atom stereocenters. The van der Waals surface area contributed by atoms with Gasteiger partial charge in [-0.2, -0.15) is 4.98 Å². The van der Waals surface area contributed by atoms with Gasteiger partial charge in [0.05, 0.1) is 0 Å². The zero-order chi connectivity index (χ0) is 12.3. The number of benzene rings is 1. The average Bonchev–Trinajstić information content (AvgIpc) is 2.81. The first-order valence-electron chi connectivity index (χ1n) is 5.38. The van der Waals surface area contributed by atoms with Crippen LogP contribution in [0.5, 0.6) is 0 Å². The lowest BCUT2D eigenvalue weighted by atomic mass is 10.1. The third-order valence-electron chi connectivity index (χ3n) is 2.53. The minimum atomic E-state index is -0.346. The van der Waals surface area contributed by atoms with Crippen LogP contribution in [-0.4, -0.2) is 23.8 Å². The molecule has 0 amide bonds. The number of methoxy groups -OCH3 is 1. The number of aryl methyl sites for hydroxylation is 1. The predicted octanol–water partition coefficient (Wildman–Crippen LogP) is 2.11. The largest absolute Gasteiger partial charge is 0.370 e. The third kappa shape index (κ3) is 3.07. The van der Waals surface area contributed by atoms with Crippen molar-refractivity contribution in [2.75, 3.05) is 13.7 Å². The number of hydrogen-bond donors (Lipinski definition) is 1. The van der Waals surface area contributed by atoms with Crippen LogP contribution in [0.2, 0.25) is 0 Å². The molecule has 1 aromatic heterocycles. The van der Waals surface area contributed by atoms with Gasteiger partial charge in [0.2, 0.25) is 5.82 Å². The van der Waals surface area contributed by atoms with Crippen molar-refractivity contribution in [1.82, 2.24) is 10.1 Å². The SMILES string of the molecule is COC(CN)c1nc(-c2ccc(C)cc2)no1.Cl. The molecule has 0 aliphatic carbocycles. The Morgan fingerprint density at radius 3 is 2.56 bits per heavy atom. The lowest BCUT2D eigenvalue weighted by Crippen LogP contribution is -2.14. The summed E-state index contributed by atoms with van der Waals surface area (Å²) in [5.74, 6) is 0.959. The van der Waals surface area contributed by atoms with Crippen molar-refractivity contribution in [2.24, 2.45) is 5.73 Å². The van der Waals surface area contributed by atoms with E-state index in [1.165, 1.54) is 5.56 Å². The Balaban J connectivity index is 0.00000162. The molecule has 6 heteroatoms. The fourth-order valence-electron chi connectivity index (χ4n) is 1.48. The molecular weight excluding hydrogens is 254 g/mol. The van der Waals surface area contributed by atoms with Gasteiger partial charge in [-0.25, -0.2) is 0 Å². The van der Waals surface area contributed by atoms with Crippen LogP contribution in [0.3, 0.4) is 0 Å². The van der Waals surface area contributed by atoms with E-state index < -0.39 is 0 Å². The molecule has 2 rings (SSSR count). The summed E-state index contributed by atoms with van der Waals surface area (Å²) >= 11 is 0. The van der Waals surface area contributed by atoms with E-state index in [-0.39, 0.29) is 18.5 Å². The van der Waals surface area contributed by atoms with Gasteiger partial charge in [-0.3, -0.25) is 0 Å². The Bertz CT molecular complexity index is 480. The van der Waals surface area contributed by atoms with E-state index in [4.69, 9.17) is 15.0 Å². The predicted molar refractivity (Wildman–Crippen MR) is 70.5 cm³/mol. The van der Waals surface area contributed by atoms with Crippen LogP contribution in [0.1, 0.15) is 17.6 Å². The molecular formula is C12H16ClN3O2. The Morgan fingerprint density at radius 1 is 1.33 bits per heavy atom. The molecule has 2 N–H and O–H groups in total. The van der Waals surface area contributed by atoms with Crippen molar-refractivity contribution in [3.05, 3.63) is 35.7 Å². The van der Waals surface area contributed by atoms with E-state index in [1.807, 2.05) is 31.2 Å². The standard InChI is InChI=1S/C12H15N3O2.ClH/c1-8-3-5-9(6-4-8)11-14-12(17-15-11)10(7-13)16-2;/h3-6,10H,7,13H2,1-2H3;1H. The molecule has 5 nitrogen and oxygen atoms in total. The van der Waals surface area contributed by atoms with Crippen LogP contribution in [0.4, 0.5) is 0 Å². The molecule has 18 heavy (non-hydrogen) atoms. The molecule has 0 radical (unpaired) electrons. The lowest BCUT2D eigenvalue weighted by Gasteiger charge is -2.05. The van der Waals surface area contributed by atoms with Crippen LogP contribution in [-0.2, 0) is 4.74 Å². The second-order valence-corrected chi connectivity index (χ2v) is 3.78. The van der Waals surface area contributed by atoms with Crippen LogP contribution in [0.15, 0.2) is 28.8 Å². The first-order chi connectivity index (χ1) is 8.24. The van der Waals surface area contributed by atoms with E-state index >= 15 is 0 Å². The summed E-state index contributed by atoms with van der Waals surface area (Å²) in [4.78, 5) is 4.27. The fourth-order valence-corrected chi connectivity index (χ4v) is 1.48. The molecule has 0 aliphatic rings. The summed E-state index contributed by atoms with van der Waals surface area (Å²) in [6, 6.07) is 7.91. The number of rotatable bonds is 4. The molecule has 1 unspecified atom stereocenters. The maximum absolute atomic E-state index is 5.53. The van der Waals surface area contributed by atoms with Crippen LogP contribution in [0.25, 0.3) is 11.4 Å². The summed E-state index contributed by atoms with van der Waals surface area (Å²) in [6.07, 6.45) is -0.346. The number of hydrogen-bond acceptors (Lipinski definition) is 5. The lowest BCUT2D eigenvalue weighted by molar-refractivity contribution is 0.0804. The quantitative estimate of drug-likeness (QED) is 0.920. The molecule has 0 spiro atoms. The topological polar surface area (TPSA) is 74.2 Å². The highest BCUT2D eigenvalue weighted by molar-refractivity contribution is 5.85. The van der Waals surface area contributed by atoms with Gasteiger partial charge in [-0.05, 0) is 6.92 Å². The van der Waals surface area contributed by atoms with Crippen molar-refractivity contribution in [2.45, 2.75) is 13.0 Å².